The predicted octanol–water partition coefficient (Wildman–Crippen LogP) is 2.33. The maximum atomic E-state index is 5.71. The predicted molar refractivity (Wildman–Crippen MR) is 80.4 cm³/mol. The highest BCUT2D eigenvalue weighted by molar-refractivity contribution is 5.37. The van der Waals surface area contributed by atoms with Gasteiger partial charge in [0.15, 0.2) is 0 Å². The van der Waals surface area contributed by atoms with E-state index in [2.05, 4.69) is 39.0 Å². The lowest BCUT2D eigenvalue weighted by molar-refractivity contribution is 0.212. The van der Waals surface area contributed by atoms with Crippen LogP contribution >= 0.6 is 0 Å². The number of ether oxygens (including phenoxy) is 1. The van der Waals surface area contributed by atoms with Crippen molar-refractivity contribution in [3.63, 3.8) is 0 Å². The molecule has 0 radical (unpaired) electrons. The Labute approximate surface area is 121 Å². The van der Waals surface area contributed by atoms with E-state index in [0.717, 1.165) is 25.4 Å². The third-order valence-electron chi connectivity index (χ3n) is 3.85. The molecule has 1 fully saturated rings. The molecule has 0 unspecified atom stereocenters. The van der Waals surface area contributed by atoms with E-state index in [9.17, 15) is 0 Å². The van der Waals surface area contributed by atoms with Crippen molar-refractivity contribution in [3.05, 3.63) is 0 Å². The molecule has 0 atom stereocenters. The van der Waals surface area contributed by atoms with Gasteiger partial charge in [0.05, 0.1) is 6.61 Å². The smallest absolute Gasteiger partial charge is 0.323 e. The molecule has 112 valence electrons. The van der Waals surface area contributed by atoms with Crippen LogP contribution < -0.4 is 15.0 Å². The van der Waals surface area contributed by atoms with Crippen LogP contribution in [0.15, 0.2) is 0 Å². The zero-order valence-corrected chi connectivity index (χ0v) is 12.7. The summed E-state index contributed by atoms with van der Waals surface area (Å²) in [6, 6.07) is 0.422. The van der Waals surface area contributed by atoms with E-state index < -0.39 is 0 Å². The Kier molecular flexibility index (Phi) is 5.38. The Morgan fingerprint density at radius 2 is 1.95 bits per heavy atom. The molecule has 6 heteroatoms. The van der Waals surface area contributed by atoms with Crippen LogP contribution in [0.25, 0.3) is 0 Å². The number of rotatable bonds is 8. The molecule has 0 spiro atoms. The van der Waals surface area contributed by atoms with Crippen molar-refractivity contribution in [1.29, 1.82) is 0 Å². The highest BCUT2D eigenvalue weighted by atomic mass is 16.5. The Hall–Kier alpha value is -1.59. The van der Waals surface area contributed by atoms with Crippen LogP contribution in [0.1, 0.15) is 39.5 Å². The molecule has 0 aliphatic heterocycles. The Balaban J connectivity index is 2.00. The van der Waals surface area contributed by atoms with Gasteiger partial charge >= 0.3 is 6.01 Å². The zero-order chi connectivity index (χ0) is 14.4. The third-order valence-corrected chi connectivity index (χ3v) is 3.85. The minimum Gasteiger partial charge on any atom is -0.463 e. The highest BCUT2D eigenvalue weighted by Crippen LogP contribution is 2.29. The first-order chi connectivity index (χ1) is 9.76. The molecular formula is C14H25N5O. The molecule has 1 aliphatic carbocycles. The van der Waals surface area contributed by atoms with E-state index in [1.807, 2.05) is 0 Å². The number of nitrogens with zero attached hydrogens (tertiary/aromatic N) is 4. The minimum absolute atomic E-state index is 0.422. The lowest BCUT2D eigenvalue weighted by atomic mass is 9.83. The first-order valence-corrected chi connectivity index (χ1v) is 7.58. The summed E-state index contributed by atoms with van der Waals surface area (Å²) in [4.78, 5) is 15.1. The molecule has 0 saturated heterocycles. The van der Waals surface area contributed by atoms with Gasteiger partial charge in [-0.25, -0.2) is 0 Å². The molecule has 1 heterocycles. The number of nitrogens with one attached hydrogen (secondary N) is 1. The Morgan fingerprint density at radius 3 is 2.50 bits per heavy atom. The van der Waals surface area contributed by atoms with E-state index in [4.69, 9.17) is 4.74 Å². The normalized spacial score (nSPS) is 14.8. The molecule has 1 saturated carbocycles. The van der Waals surface area contributed by atoms with E-state index in [0.29, 0.717) is 24.5 Å². The highest BCUT2D eigenvalue weighted by Gasteiger charge is 2.17. The molecule has 1 N–H and O–H groups in total. The lowest BCUT2D eigenvalue weighted by Crippen LogP contribution is -2.25. The van der Waals surface area contributed by atoms with Crippen LogP contribution in [0.5, 0.6) is 6.01 Å². The molecule has 6 nitrogen and oxygen atoms in total. The van der Waals surface area contributed by atoms with Gasteiger partial charge in [0.25, 0.3) is 0 Å². The SMILES string of the molecule is CCN(CC)c1nc(NC)nc(OCCC2CCC2)n1. The molecule has 0 amide bonds. The second-order valence-corrected chi connectivity index (χ2v) is 5.10. The third kappa shape index (κ3) is 3.71. The molecule has 0 aromatic carbocycles. The summed E-state index contributed by atoms with van der Waals surface area (Å²) in [5, 5.41) is 2.96. The van der Waals surface area contributed by atoms with Crippen molar-refractivity contribution < 1.29 is 4.74 Å². The second-order valence-electron chi connectivity index (χ2n) is 5.10. The summed E-state index contributed by atoms with van der Waals surface area (Å²) in [6.07, 6.45) is 5.15. The van der Waals surface area contributed by atoms with E-state index in [1.54, 1.807) is 7.05 Å². The van der Waals surface area contributed by atoms with Crippen molar-refractivity contribution in [3.8, 4) is 6.01 Å². The number of anilines is 2. The molecule has 1 aromatic heterocycles. The van der Waals surface area contributed by atoms with E-state index in [-0.39, 0.29) is 0 Å². The minimum atomic E-state index is 0.422. The van der Waals surface area contributed by atoms with Gasteiger partial charge in [-0.3, -0.25) is 0 Å². The molecule has 0 bridgehead atoms. The average molecular weight is 279 g/mol. The summed E-state index contributed by atoms with van der Waals surface area (Å²) < 4.78 is 5.71. The summed E-state index contributed by atoms with van der Waals surface area (Å²) in [5.74, 6) is 2.07. The molecule has 1 aliphatic rings. The van der Waals surface area contributed by atoms with Crippen molar-refractivity contribution in [2.75, 3.05) is 37.0 Å². The van der Waals surface area contributed by atoms with Crippen molar-refractivity contribution in [1.82, 2.24) is 15.0 Å². The first-order valence-electron chi connectivity index (χ1n) is 7.58. The van der Waals surface area contributed by atoms with Gasteiger partial charge in [-0.1, -0.05) is 19.3 Å². The summed E-state index contributed by atoms with van der Waals surface area (Å²) in [5.41, 5.74) is 0. The van der Waals surface area contributed by atoms with Crippen LogP contribution in [0.2, 0.25) is 0 Å². The van der Waals surface area contributed by atoms with Gasteiger partial charge in [0.2, 0.25) is 11.9 Å². The summed E-state index contributed by atoms with van der Waals surface area (Å²) >= 11 is 0. The molecular weight excluding hydrogens is 254 g/mol. The van der Waals surface area contributed by atoms with Gasteiger partial charge in [-0.05, 0) is 26.2 Å². The Bertz CT molecular complexity index is 418. The van der Waals surface area contributed by atoms with Gasteiger partial charge < -0.3 is 15.0 Å². The Morgan fingerprint density at radius 1 is 1.20 bits per heavy atom. The maximum absolute atomic E-state index is 5.71. The summed E-state index contributed by atoms with van der Waals surface area (Å²) in [7, 11) is 1.81. The first kappa shape index (κ1) is 14.8. The number of hydrogen-bond acceptors (Lipinski definition) is 6. The van der Waals surface area contributed by atoms with E-state index >= 15 is 0 Å². The van der Waals surface area contributed by atoms with Gasteiger partial charge in [0.1, 0.15) is 0 Å². The van der Waals surface area contributed by atoms with Crippen LogP contribution in [0.4, 0.5) is 11.9 Å². The standard InChI is InChI=1S/C14H25N5O/c1-4-19(5-2)13-16-12(15-3)17-14(18-13)20-10-9-11-7-6-8-11/h11H,4-10H2,1-3H3,(H,15,16,17,18). The van der Waals surface area contributed by atoms with Gasteiger partial charge in [-0.2, -0.15) is 15.0 Å². The molecule has 20 heavy (non-hydrogen) atoms. The largest absolute Gasteiger partial charge is 0.463 e. The fourth-order valence-corrected chi connectivity index (χ4v) is 2.27. The maximum Gasteiger partial charge on any atom is 0.323 e. The topological polar surface area (TPSA) is 63.2 Å². The van der Waals surface area contributed by atoms with Gasteiger partial charge in [-0.15, -0.1) is 0 Å². The number of hydrogen-bond donors (Lipinski definition) is 1. The van der Waals surface area contributed by atoms with Crippen LogP contribution in [0.3, 0.4) is 0 Å². The second kappa shape index (κ2) is 7.26. The van der Waals surface area contributed by atoms with Crippen LogP contribution in [0, 0.1) is 5.92 Å². The van der Waals surface area contributed by atoms with Crippen molar-refractivity contribution in [2.45, 2.75) is 39.5 Å². The van der Waals surface area contributed by atoms with Crippen LogP contribution in [-0.2, 0) is 0 Å². The fraction of sp³-hybridized carbons (Fsp3) is 0.786. The van der Waals surface area contributed by atoms with Crippen LogP contribution in [-0.4, -0.2) is 41.7 Å². The summed E-state index contributed by atoms with van der Waals surface area (Å²) in [6.45, 7) is 6.60. The molecule has 2 rings (SSSR count). The van der Waals surface area contributed by atoms with E-state index in [1.165, 1.54) is 19.3 Å². The lowest BCUT2D eigenvalue weighted by Gasteiger charge is -2.24. The number of aromatic nitrogens is 3. The quantitative estimate of drug-likeness (QED) is 0.788. The molecule has 1 aromatic rings. The average Bonchev–Trinajstić information content (AvgIpc) is 2.42. The van der Waals surface area contributed by atoms with Crippen molar-refractivity contribution in [2.24, 2.45) is 5.92 Å². The van der Waals surface area contributed by atoms with Crippen molar-refractivity contribution >= 4 is 11.9 Å². The monoisotopic (exact) mass is 279 g/mol. The zero-order valence-electron chi connectivity index (χ0n) is 12.7. The van der Waals surface area contributed by atoms with Gasteiger partial charge in [0, 0.05) is 20.1 Å². The fourth-order valence-electron chi connectivity index (χ4n) is 2.27.